The van der Waals surface area contributed by atoms with Gasteiger partial charge in [-0.3, -0.25) is 9.48 Å². The Balaban J connectivity index is 1.46. The molecule has 0 bridgehead atoms. The lowest BCUT2D eigenvalue weighted by Crippen LogP contribution is -2.41. The quantitative estimate of drug-likeness (QED) is 0.637. The number of hydrogen-bond donors (Lipinski definition) is 1. The number of hydrogen-bond acceptors (Lipinski definition) is 4. The average Bonchev–Trinajstić information content (AvgIpc) is 3.27. The number of nitrogens with zero attached hydrogens (tertiary/aromatic N) is 3. The zero-order valence-electron chi connectivity index (χ0n) is 17.4. The summed E-state index contributed by atoms with van der Waals surface area (Å²) in [6, 6.07) is 16.6. The first kappa shape index (κ1) is 21.3. The molecule has 1 saturated heterocycles. The molecule has 1 fully saturated rings. The number of piperidine rings is 1. The van der Waals surface area contributed by atoms with Crippen molar-refractivity contribution in [1.29, 1.82) is 0 Å². The number of anilines is 1. The molecule has 1 amide bonds. The molecule has 0 radical (unpaired) electrons. The average molecular weight is 439 g/mol. The van der Waals surface area contributed by atoms with Gasteiger partial charge in [0.15, 0.2) is 0 Å². The topological polar surface area (TPSA) is 84.3 Å². The van der Waals surface area contributed by atoms with E-state index >= 15 is 0 Å². The van der Waals surface area contributed by atoms with Crippen molar-refractivity contribution in [3.63, 3.8) is 0 Å². The van der Waals surface area contributed by atoms with E-state index in [-0.39, 0.29) is 11.8 Å². The minimum absolute atomic E-state index is 0.0858. The van der Waals surface area contributed by atoms with Crippen LogP contribution in [0.5, 0.6) is 0 Å². The summed E-state index contributed by atoms with van der Waals surface area (Å²) in [6.45, 7) is 3.34. The van der Waals surface area contributed by atoms with Crippen LogP contribution in [0.2, 0.25) is 0 Å². The Morgan fingerprint density at radius 3 is 2.42 bits per heavy atom. The second-order valence-electron chi connectivity index (χ2n) is 7.61. The standard InChI is InChI=1S/C23H26N4O3S/c1-2-26-17-20(16-24-26)25-23(28)19-12-14-27(15-13-19)31(29,30)22-11-7-6-10-21(22)18-8-4-3-5-9-18/h3-11,16-17,19H,2,12-15H2,1H3,(H,25,28). The molecule has 1 N–H and O–H groups in total. The first-order valence-corrected chi connectivity index (χ1v) is 11.9. The number of rotatable bonds is 6. The van der Waals surface area contributed by atoms with E-state index in [4.69, 9.17) is 0 Å². The van der Waals surface area contributed by atoms with Crippen LogP contribution in [0.3, 0.4) is 0 Å². The molecule has 2 aromatic carbocycles. The van der Waals surface area contributed by atoms with Crippen molar-refractivity contribution < 1.29 is 13.2 Å². The number of aryl methyl sites for hydroxylation is 1. The van der Waals surface area contributed by atoms with Gasteiger partial charge in [0.25, 0.3) is 0 Å². The SMILES string of the molecule is CCn1cc(NC(=O)C2CCN(S(=O)(=O)c3ccccc3-c3ccccc3)CC2)cn1. The van der Waals surface area contributed by atoms with Gasteiger partial charge >= 0.3 is 0 Å². The van der Waals surface area contributed by atoms with Crippen LogP contribution in [-0.4, -0.2) is 41.5 Å². The summed E-state index contributed by atoms with van der Waals surface area (Å²) in [6.07, 6.45) is 4.39. The maximum absolute atomic E-state index is 13.4. The van der Waals surface area contributed by atoms with Crippen LogP contribution in [0, 0.1) is 5.92 Å². The fourth-order valence-corrected chi connectivity index (χ4v) is 5.57. The third-order valence-electron chi connectivity index (χ3n) is 5.64. The van der Waals surface area contributed by atoms with Gasteiger partial charge in [-0.2, -0.15) is 9.40 Å². The summed E-state index contributed by atoms with van der Waals surface area (Å²) in [4.78, 5) is 12.9. The van der Waals surface area contributed by atoms with Crippen LogP contribution in [0.4, 0.5) is 5.69 Å². The van der Waals surface area contributed by atoms with Gasteiger partial charge < -0.3 is 5.32 Å². The summed E-state index contributed by atoms with van der Waals surface area (Å²) in [5.74, 6) is -0.307. The van der Waals surface area contributed by atoms with E-state index in [1.165, 1.54) is 4.31 Å². The van der Waals surface area contributed by atoms with Crippen LogP contribution in [0.15, 0.2) is 71.9 Å². The minimum atomic E-state index is -3.66. The number of benzene rings is 2. The predicted molar refractivity (Wildman–Crippen MR) is 120 cm³/mol. The van der Waals surface area contributed by atoms with Crippen molar-refractivity contribution in [1.82, 2.24) is 14.1 Å². The number of aromatic nitrogens is 2. The van der Waals surface area contributed by atoms with E-state index in [1.807, 2.05) is 49.4 Å². The number of carbonyl (C=O) groups excluding carboxylic acids is 1. The first-order chi connectivity index (χ1) is 15.0. The third kappa shape index (κ3) is 4.55. The van der Waals surface area contributed by atoms with Crippen LogP contribution in [0.25, 0.3) is 11.1 Å². The van der Waals surface area contributed by atoms with Gasteiger partial charge in [-0.25, -0.2) is 8.42 Å². The molecular formula is C23H26N4O3S. The third-order valence-corrected chi connectivity index (χ3v) is 7.60. The highest BCUT2D eigenvalue weighted by atomic mass is 32.2. The Hall–Kier alpha value is -2.97. The highest BCUT2D eigenvalue weighted by Crippen LogP contribution is 2.31. The Kier molecular flexibility index (Phi) is 6.20. The highest BCUT2D eigenvalue weighted by molar-refractivity contribution is 7.89. The Labute approximate surface area is 182 Å². The molecule has 8 heteroatoms. The van der Waals surface area contributed by atoms with Crippen molar-refractivity contribution >= 4 is 21.6 Å². The molecule has 1 aliphatic heterocycles. The van der Waals surface area contributed by atoms with Crippen molar-refractivity contribution in [2.75, 3.05) is 18.4 Å². The summed E-state index contributed by atoms with van der Waals surface area (Å²) in [5, 5.41) is 7.05. The summed E-state index contributed by atoms with van der Waals surface area (Å²) < 4.78 is 30.0. The van der Waals surface area contributed by atoms with E-state index in [0.717, 1.165) is 12.1 Å². The Bertz CT molecular complexity index is 1150. The Morgan fingerprint density at radius 1 is 1.06 bits per heavy atom. The van der Waals surface area contributed by atoms with Crippen molar-refractivity contribution in [3.8, 4) is 11.1 Å². The fraction of sp³-hybridized carbons (Fsp3) is 0.304. The molecule has 1 aromatic heterocycles. The molecule has 1 aliphatic rings. The summed E-state index contributed by atoms with van der Waals surface area (Å²) in [7, 11) is -3.66. The molecule has 0 saturated carbocycles. The van der Waals surface area contributed by atoms with Crippen molar-refractivity contribution in [3.05, 3.63) is 67.0 Å². The minimum Gasteiger partial charge on any atom is -0.323 e. The van der Waals surface area contributed by atoms with Crippen LogP contribution in [0.1, 0.15) is 19.8 Å². The number of carbonyl (C=O) groups is 1. The zero-order valence-corrected chi connectivity index (χ0v) is 18.3. The maximum Gasteiger partial charge on any atom is 0.243 e. The first-order valence-electron chi connectivity index (χ1n) is 10.5. The Morgan fingerprint density at radius 2 is 1.74 bits per heavy atom. The lowest BCUT2D eigenvalue weighted by atomic mass is 9.97. The fourth-order valence-electron chi connectivity index (χ4n) is 3.89. The molecular weight excluding hydrogens is 412 g/mol. The molecule has 0 spiro atoms. The zero-order chi connectivity index (χ0) is 21.8. The molecule has 0 unspecified atom stereocenters. The van der Waals surface area contributed by atoms with Gasteiger partial charge in [0.1, 0.15) is 0 Å². The molecule has 7 nitrogen and oxygen atoms in total. The summed E-state index contributed by atoms with van der Waals surface area (Å²) in [5.41, 5.74) is 2.22. The molecule has 0 aliphatic carbocycles. The largest absolute Gasteiger partial charge is 0.323 e. The van der Waals surface area contributed by atoms with Crippen LogP contribution in [-0.2, 0) is 21.4 Å². The van der Waals surface area contributed by atoms with Crippen LogP contribution >= 0.6 is 0 Å². The molecule has 3 aromatic rings. The number of nitrogens with one attached hydrogen (secondary N) is 1. The van der Waals surface area contributed by atoms with E-state index in [9.17, 15) is 13.2 Å². The van der Waals surface area contributed by atoms with E-state index in [1.54, 1.807) is 29.2 Å². The predicted octanol–water partition coefficient (Wildman–Crippen LogP) is 3.61. The van der Waals surface area contributed by atoms with E-state index in [2.05, 4.69) is 10.4 Å². The molecule has 0 atom stereocenters. The van der Waals surface area contributed by atoms with Gasteiger partial charge in [0.05, 0.1) is 16.8 Å². The van der Waals surface area contributed by atoms with Gasteiger partial charge in [0, 0.05) is 37.3 Å². The number of amides is 1. The van der Waals surface area contributed by atoms with Crippen LogP contribution < -0.4 is 5.32 Å². The number of sulfonamides is 1. The lowest BCUT2D eigenvalue weighted by molar-refractivity contribution is -0.120. The monoisotopic (exact) mass is 438 g/mol. The molecule has 162 valence electrons. The summed E-state index contributed by atoms with van der Waals surface area (Å²) >= 11 is 0. The van der Waals surface area contributed by atoms with Gasteiger partial charge in [0.2, 0.25) is 15.9 Å². The second kappa shape index (κ2) is 9.03. The lowest BCUT2D eigenvalue weighted by Gasteiger charge is -2.31. The second-order valence-corrected chi connectivity index (χ2v) is 9.52. The van der Waals surface area contributed by atoms with Crippen molar-refractivity contribution in [2.24, 2.45) is 5.92 Å². The van der Waals surface area contributed by atoms with Gasteiger partial charge in [-0.05, 0) is 31.4 Å². The van der Waals surface area contributed by atoms with E-state index < -0.39 is 10.0 Å². The van der Waals surface area contributed by atoms with Gasteiger partial charge in [-0.15, -0.1) is 0 Å². The van der Waals surface area contributed by atoms with Gasteiger partial charge in [-0.1, -0.05) is 48.5 Å². The molecule has 31 heavy (non-hydrogen) atoms. The normalized spacial score (nSPS) is 15.6. The maximum atomic E-state index is 13.4. The highest BCUT2D eigenvalue weighted by Gasteiger charge is 2.33. The molecule has 2 heterocycles. The van der Waals surface area contributed by atoms with Crippen molar-refractivity contribution in [2.45, 2.75) is 31.2 Å². The smallest absolute Gasteiger partial charge is 0.243 e. The molecule has 4 rings (SSSR count). The van der Waals surface area contributed by atoms with E-state index in [0.29, 0.717) is 42.1 Å².